The lowest BCUT2D eigenvalue weighted by molar-refractivity contribution is 0.000906. The van der Waals surface area contributed by atoms with Crippen molar-refractivity contribution in [3.63, 3.8) is 0 Å². The molecule has 1 aromatic heterocycles. The second kappa shape index (κ2) is 22.4. The zero-order valence-electron chi connectivity index (χ0n) is 38.7. The number of ether oxygens (including phenoxy) is 2. The molecule has 0 amide bonds. The molecule has 0 bridgehead atoms. The van der Waals surface area contributed by atoms with Crippen molar-refractivity contribution < 1.29 is 33.7 Å². The summed E-state index contributed by atoms with van der Waals surface area (Å²) in [4.78, 5) is 34.8. The minimum Gasteiger partial charge on any atom is -0.457 e. The number of carbonyl (C=O) groups excluding carboxylic acids is 2. The summed E-state index contributed by atoms with van der Waals surface area (Å²) in [5.41, 5.74) is 0. The molecule has 4 saturated carbocycles. The van der Waals surface area contributed by atoms with Crippen LogP contribution < -0.4 is 0 Å². The highest BCUT2D eigenvalue weighted by molar-refractivity contribution is 5.90. The zero-order valence-corrected chi connectivity index (χ0v) is 38.7. The van der Waals surface area contributed by atoms with Crippen LogP contribution in [0.15, 0.2) is 16.5 Å². The first kappa shape index (κ1) is 48.0. The van der Waals surface area contributed by atoms with Gasteiger partial charge in [0, 0.05) is 37.3 Å². The predicted octanol–water partition coefficient (Wildman–Crippen LogP) is 7.30. The van der Waals surface area contributed by atoms with E-state index in [1.807, 2.05) is 0 Å². The molecule has 14 unspecified atom stereocenters. The second-order valence-electron chi connectivity index (χ2n) is 20.8. The van der Waals surface area contributed by atoms with E-state index in [1.54, 1.807) is 0 Å². The van der Waals surface area contributed by atoms with Crippen LogP contribution in [0.1, 0.15) is 139 Å². The molecule has 4 aliphatic rings. The van der Waals surface area contributed by atoms with E-state index in [9.17, 15) is 19.8 Å². The van der Waals surface area contributed by atoms with E-state index in [0.29, 0.717) is 49.1 Å². The molecule has 59 heavy (non-hydrogen) atoms. The number of aliphatic hydroxyl groups excluding tert-OH is 2. The van der Waals surface area contributed by atoms with Crippen molar-refractivity contribution in [1.29, 1.82) is 0 Å². The van der Waals surface area contributed by atoms with Crippen molar-refractivity contribution in [2.45, 2.75) is 154 Å². The van der Waals surface area contributed by atoms with Gasteiger partial charge in [-0.25, -0.2) is 9.59 Å². The van der Waals surface area contributed by atoms with Crippen LogP contribution in [0, 0.1) is 47.3 Å². The molecule has 11 nitrogen and oxygen atoms in total. The van der Waals surface area contributed by atoms with Crippen LogP contribution in [-0.4, -0.2) is 147 Å². The molecule has 0 saturated heterocycles. The van der Waals surface area contributed by atoms with E-state index in [-0.39, 0.29) is 24.7 Å². The monoisotopic (exact) mass is 829 g/mol. The van der Waals surface area contributed by atoms with Gasteiger partial charge in [0.2, 0.25) is 11.5 Å². The first-order valence-corrected chi connectivity index (χ1v) is 23.5. The van der Waals surface area contributed by atoms with Gasteiger partial charge < -0.3 is 43.7 Å². The normalized spacial score (nSPS) is 34.3. The lowest BCUT2D eigenvalue weighted by Gasteiger charge is -2.43. The standard InChI is InChI=1S/C48H84N4O7/c1-31-21-35(11-15-41(31)49(5)6)25-37-13-17-43(33(3)23-37)51(9)27-39(53)29-57-47(55)45-19-20-46(59-45)48(56)58-30-40(54)28-52(10)44-18-14-38(24-34(44)4)26-36-12-16-42(50(7)8)32(2)22-36/h19-20,31-44,53-54H,11-18,21-30H2,1-10H3. The molecule has 2 N–H and O–H groups in total. The Balaban J connectivity index is 0.952. The number of likely N-dealkylation sites (N-methyl/N-ethyl adjacent to an activating group) is 2. The van der Waals surface area contributed by atoms with Gasteiger partial charge in [0.15, 0.2) is 0 Å². The summed E-state index contributed by atoms with van der Waals surface area (Å²) in [5.74, 6) is 4.08. The number of hydrogen-bond donors (Lipinski definition) is 2. The van der Waals surface area contributed by atoms with Gasteiger partial charge in [-0.1, -0.05) is 27.7 Å². The molecular weight excluding hydrogens is 745 g/mol. The lowest BCUT2D eigenvalue weighted by Crippen LogP contribution is -2.45. The molecule has 5 rings (SSSR count). The molecule has 11 heteroatoms. The van der Waals surface area contributed by atoms with Gasteiger partial charge in [-0.05, 0) is 192 Å². The number of hydrogen-bond acceptors (Lipinski definition) is 11. The van der Waals surface area contributed by atoms with Gasteiger partial charge in [-0.3, -0.25) is 0 Å². The first-order chi connectivity index (χ1) is 28.0. The van der Waals surface area contributed by atoms with Gasteiger partial charge in [0.05, 0.1) is 0 Å². The molecule has 4 fully saturated rings. The van der Waals surface area contributed by atoms with Crippen LogP contribution in [-0.2, 0) is 9.47 Å². The van der Waals surface area contributed by atoms with Crippen molar-refractivity contribution >= 4 is 11.9 Å². The summed E-state index contributed by atoms with van der Waals surface area (Å²) in [7, 11) is 13.0. The molecule has 4 aliphatic carbocycles. The van der Waals surface area contributed by atoms with Crippen LogP contribution in [0.25, 0.3) is 0 Å². The van der Waals surface area contributed by atoms with E-state index >= 15 is 0 Å². The van der Waals surface area contributed by atoms with E-state index in [0.717, 1.165) is 48.3 Å². The number of esters is 2. The maximum absolute atomic E-state index is 12.8. The van der Waals surface area contributed by atoms with Gasteiger partial charge in [0.1, 0.15) is 25.4 Å². The summed E-state index contributed by atoms with van der Waals surface area (Å²) >= 11 is 0. The fraction of sp³-hybridized carbons (Fsp3) is 0.875. The molecular formula is C48H84N4O7. The molecule has 1 aromatic rings. The Morgan fingerprint density at radius 2 is 0.864 bits per heavy atom. The Morgan fingerprint density at radius 1 is 0.559 bits per heavy atom. The molecule has 1 heterocycles. The third-order valence-corrected chi connectivity index (χ3v) is 15.5. The summed E-state index contributed by atoms with van der Waals surface area (Å²) in [6, 6.07) is 4.96. The highest BCUT2D eigenvalue weighted by Gasteiger charge is 2.37. The van der Waals surface area contributed by atoms with Crippen molar-refractivity contribution in [2.75, 3.05) is 68.6 Å². The average Bonchev–Trinajstić information content (AvgIpc) is 3.67. The van der Waals surface area contributed by atoms with Crippen molar-refractivity contribution in [3.05, 3.63) is 23.7 Å². The minimum absolute atomic E-state index is 0.130. The van der Waals surface area contributed by atoms with E-state index in [1.165, 1.54) is 89.2 Å². The van der Waals surface area contributed by atoms with Crippen molar-refractivity contribution in [3.8, 4) is 0 Å². The first-order valence-electron chi connectivity index (χ1n) is 23.5. The minimum atomic E-state index is -0.846. The third kappa shape index (κ3) is 13.7. The Hall–Kier alpha value is -2.02. The molecule has 0 spiro atoms. The van der Waals surface area contributed by atoms with Crippen molar-refractivity contribution in [1.82, 2.24) is 19.6 Å². The number of carbonyl (C=O) groups is 2. The lowest BCUT2D eigenvalue weighted by atomic mass is 9.70. The summed E-state index contributed by atoms with van der Waals surface area (Å²) in [6.07, 6.45) is 16.1. The zero-order chi connectivity index (χ0) is 43.0. The quantitative estimate of drug-likeness (QED) is 0.145. The number of furan rings is 1. The number of aliphatic hydroxyl groups is 2. The van der Waals surface area contributed by atoms with E-state index in [4.69, 9.17) is 13.9 Å². The highest BCUT2D eigenvalue weighted by Crippen LogP contribution is 2.42. The maximum Gasteiger partial charge on any atom is 0.374 e. The largest absolute Gasteiger partial charge is 0.457 e. The van der Waals surface area contributed by atoms with Gasteiger partial charge in [-0.15, -0.1) is 0 Å². The maximum atomic E-state index is 12.8. The topological polar surface area (TPSA) is 119 Å². The fourth-order valence-electron chi connectivity index (χ4n) is 12.7. The predicted molar refractivity (Wildman–Crippen MR) is 234 cm³/mol. The number of nitrogens with zero attached hydrogens (tertiary/aromatic N) is 4. The van der Waals surface area contributed by atoms with Crippen LogP contribution in [0.5, 0.6) is 0 Å². The number of rotatable bonds is 18. The van der Waals surface area contributed by atoms with E-state index < -0.39 is 24.1 Å². The van der Waals surface area contributed by atoms with Crippen molar-refractivity contribution in [2.24, 2.45) is 47.3 Å². The van der Waals surface area contributed by atoms with Gasteiger partial charge in [0.25, 0.3) is 0 Å². The molecule has 0 radical (unpaired) electrons. The molecule has 0 aliphatic heterocycles. The second-order valence-corrected chi connectivity index (χ2v) is 20.8. The average molecular weight is 829 g/mol. The summed E-state index contributed by atoms with van der Waals surface area (Å²) < 4.78 is 16.3. The van der Waals surface area contributed by atoms with Gasteiger partial charge in [-0.2, -0.15) is 0 Å². The fourth-order valence-corrected chi connectivity index (χ4v) is 12.7. The molecule has 338 valence electrons. The van der Waals surface area contributed by atoms with Crippen LogP contribution in [0.4, 0.5) is 0 Å². The van der Waals surface area contributed by atoms with Crippen LogP contribution in [0.2, 0.25) is 0 Å². The highest BCUT2D eigenvalue weighted by atomic mass is 16.6. The Bertz CT molecular complexity index is 1330. The Morgan fingerprint density at radius 3 is 1.15 bits per heavy atom. The smallest absolute Gasteiger partial charge is 0.374 e. The summed E-state index contributed by atoms with van der Waals surface area (Å²) in [6.45, 7) is 10.0. The molecule has 14 atom stereocenters. The van der Waals surface area contributed by atoms with E-state index in [2.05, 4.69) is 89.6 Å². The summed E-state index contributed by atoms with van der Waals surface area (Å²) in [5, 5.41) is 21.6. The molecule has 0 aromatic carbocycles. The van der Waals surface area contributed by atoms with Crippen LogP contribution >= 0.6 is 0 Å². The van der Waals surface area contributed by atoms with Crippen LogP contribution in [0.3, 0.4) is 0 Å². The Labute approximate surface area is 357 Å². The third-order valence-electron chi connectivity index (χ3n) is 15.5. The Kier molecular flexibility index (Phi) is 18.2. The SMILES string of the molecule is CC1CC(CC2CCC(N(C)CC(O)COC(=O)c3ccc(C(=O)OCC(O)CN(C)C4CCC(CC5CCC(N(C)C)C(C)C5)CC4C)o3)C(C)C2)CCC1N(C)C. The van der Waals surface area contributed by atoms with Gasteiger partial charge >= 0.3 is 11.9 Å².